The standard InChI is InChI=1S/C27H21F5N4O4/c28-16-10-17(29)12-18(11-16)39-22-4-2-1-3-19(22)24(27(30,31)32)40-23-13-21(35-26(34)36-23)15-7-5-14(6-8-15)9-20(33)25(37)38/h1-8,10-13,20,24H,9,33H2,(H,37,38)(H2,34,35,36)/t20-,24?/m0/s1. The Kier molecular flexibility index (Phi) is 8.14. The number of carbonyl (C=O) groups is 1. The maximum atomic E-state index is 14.2. The Bertz CT molecular complexity index is 1500. The second kappa shape index (κ2) is 11.5. The molecule has 1 heterocycles. The number of nitrogens with two attached hydrogens (primary N) is 2. The van der Waals surface area contributed by atoms with Crippen molar-refractivity contribution in [2.45, 2.75) is 24.7 Å². The van der Waals surface area contributed by atoms with E-state index in [4.69, 9.17) is 26.0 Å². The van der Waals surface area contributed by atoms with Gasteiger partial charge in [-0.3, -0.25) is 4.79 Å². The van der Waals surface area contributed by atoms with E-state index >= 15 is 0 Å². The summed E-state index contributed by atoms with van der Waals surface area (Å²) in [7, 11) is 0. The van der Waals surface area contributed by atoms with Gasteiger partial charge in [-0.25, -0.2) is 13.8 Å². The SMILES string of the molecule is Nc1nc(OC(c2ccccc2Oc2cc(F)cc(F)c2)C(F)(F)F)cc(-c2ccc(C[C@H](N)C(=O)O)cc2)n1. The summed E-state index contributed by atoms with van der Waals surface area (Å²) in [5.74, 6) is -4.70. The van der Waals surface area contributed by atoms with Crippen molar-refractivity contribution in [2.24, 2.45) is 5.73 Å². The number of aromatic nitrogens is 2. The summed E-state index contributed by atoms with van der Waals surface area (Å²) >= 11 is 0. The first kappa shape index (κ1) is 28.2. The number of rotatable bonds is 9. The summed E-state index contributed by atoms with van der Waals surface area (Å²) in [6.07, 6.45) is -7.52. The predicted octanol–water partition coefficient (Wildman–Crippen LogP) is 5.43. The third-order valence-electron chi connectivity index (χ3n) is 5.54. The molecule has 40 heavy (non-hydrogen) atoms. The van der Waals surface area contributed by atoms with Gasteiger partial charge in [-0.1, -0.05) is 42.5 Å². The molecule has 208 valence electrons. The van der Waals surface area contributed by atoms with Crippen LogP contribution in [-0.2, 0) is 11.2 Å². The molecule has 0 saturated carbocycles. The second-order valence-corrected chi connectivity index (χ2v) is 8.58. The Balaban J connectivity index is 1.64. The van der Waals surface area contributed by atoms with Crippen molar-refractivity contribution in [1.82, 2.24) is 9.97 Å². The lowest BCUT2D eigenvalue weighted by Crippen LogP contribution is -2.32. The van der Waals surface area contributed by atoms with Crippen molar-refractivity contribution in [1.29, 1.82) is 0 Å². The smallest absolute Gasteiger partial charge is 0.429 e. The number of hydrogen-bond acceptors (Lipinski definition) is 7. The van der Waals surface area contributed by atoms with E-state index in [0.717, 1.165) is 24.3 Å². The van der Waals surface area contributed by atoms with Crippen molar-refractivity contribution in [2.75, 3.05) is 5.73 Å². The van der Waals surface area contributed by atoms with Gasteiger partial charge in [0.05, 0.1) is 5.69 Å². The monoisotopic (exact) mass is 560 g/mol. The summed E-state index contributed by atoms with van der Waals surface area (Å²) in [6, 6.07) is 13.6. The van der Waals surface area contributed by atoms with Crippen LogP contribution in [0.5, 0.6) is 17.4 Å². The van der Waals surface area contributed by atoms with Gasteiger partial charge in [-0.2, -0.15) is 18.2 Å². The van der Waals surface area contributed by atoms with Crippen LogP contribution in [0.3, 0.4) is 0 Å². The van der Waals surface area contributed by atoms with E-state index in [1.54, 1.807) is 24.3 Å². The molecule has 5 N–H and O–H groups in total. The summed E-state index contributed by atoms with van der Waals surface area (Å²) in [5.41, 5.74) is 12.0. The van der Waals surface area contributed by atoms with E-state index < -0.39 is 47.4 Å². The van der Waals surface area contributed by atoms with Crippen molar-refractivity contribution in [3.8, 4) is 28.6 Å². The number of para-hydroxylation sites is 1. The fourth-order valence-electron chi connectivity index (χ4n) is 3.74. The molecule has 0 fully saturated rings. The molecule has 4 rings (SSSR count). The number of nitrogens with zero attached hydrogens (tertiary/aromatic N) is 2. The Morgan fingerprint density at radius 3 is 2.23 bits per heavy atom. The minimum atomic E-state index is -4.98. The van der Waals surface area contributed by atoms with Gasteiger partial charge in [0.25, 0.3) is 0 Å². The highest BCUT2D eigenvalue weighted by Crippen LogP contribution is 2.42. The molecule has 3 aromatic carbocycles. The number of aliphatic carboxylic acids is 1. The van der Waals surface area contributed by atoms with Crippen molar-refractivity contribution in [3.05, 3.63) is 95.6 Å². The lowest BCUT2D eigenvalue weighted by molar-refractivity contribution is -0.199. The average molecular weight is 560 g/mol. The average Bonchev–Trinajstić information content (AvgIpc) is 2.86. The van der Waals surface area contributed by atoms with Gasteiger partial charge in [0.1, 0.15) is 29.2 Å². The molecular formula is C27H21F5N4O4. The topological polar surface area (TPSA) is 134 Å². The number of alkyl halides is 3. The number of hydrogen-bond donors (Lipinski definition) is 3. The van der Waals surface area contributed by atoms with Crippen LogP contribution in [-0.4, -0.2) is 33.3 Å². The fraction of sp³-hybridized carbons (Fsp3) is 0.148. The van der Waals surface area contributed by atoms with Crippen LogP contribution in [0, 0.1) is 11.6 Å². The molecule has 2 atom stereocenters. The molecule has 8 nitrogen and oxygen atoms in total. The van der Waals surface area contributed by atoms with Gasteiger partial charge in [0.2, 0.25) is 17.9 Å². The van der Waals surface area contributed by atoms with Crippen LogP contribution in [0.4, 0.5) is 27.9 Å². The van der Waals surface area contributed by atoms with Crippen LogP contribution in [0.15, 0.2) is 72.8 Å². The van der Waals surface area contributed by atoms with E-state index in [2.05, 4.69) is 9.97 Å². The molecule has 4 aromatic rings. The molecule has 0 bridgehead atoms. The molecule has 0 amide bonds. The number of nitrogen functional groups attached to an aromatic ring is 1. The van der Waals surface area contributed by atoms with Crippen molar-refractivity contribution in [3.63, 3.8) is 0 Å². The molecule has 0 saturated heterocycles. The molecular weight excluding hydrogens is 539 g/mol. The third kappa shape index (κ3) is 6.99. The first-order valence-corrected chi connectivity index (χ1v) is 11.6. The van der Waals surface area contributed by atoms with Crippen LogP contribution in [0.1, 0.15) is 17.2 Å². The summed E-state index contributed by atoms with van der Waals surface area (Å²) in [6.45, 7) is 0. The van der Waals surface area contributed by atoms with Crippen LogP contribution in [0.25, 0.3) is 11.3 Å². The van der Waals surface area contributed by atoms with E-state index in [9.17, 15) is 26.7 Å². The van der Waals surface area contributed by atoms with E-state index in [0.29, 0.717) is 17.2 Å². The first-order chi connectivity index (χ1) is 18.9. The number of anilines is 1. The van der Waals surface area contributed by atoms with Crippen LogP contribution >= 0.6 is 0 Å². The third-order valence-corrected chi connectivity index (χ3v) is 5.54. The van der Waals surface area contributed by atoms with Crippen LogP contribution in [0.2, 0.25) is 0 Å². The second-order valence-electron chi connectivity index (χ2n) is 8.58. The predicted molar refractivity (Wildman–Crippen MR) is 133 cm³/mol. The van der Waals surface area contributed by atoms with E-state index in [1.165, 1.54) is 18.2 Å². The minimum Gasteiger partial charge on any atom is -0.480 e. The van der Waals surface area contributed by atoms with Gasteiger partial charge >= 0.3 is 12.1 Å². The molecule has 1 unspecified atom stereocenters. The van der Waals surface area contributed by atoms with Gasteiger partial charge in [0, 0.05) is 35.4 Å². The Morgan fingerprint density at radius 1 is 0.950 bits per heavy atom. The molecule has 0 aliphatic carbocycles. The molecule has 0 spiro atoms. The highest BCUT2D eigenvalue weighted by molar-refractivity contribution is 5.73. The summed E-state index contributed by atoms with van der Waals surface area (Å²) < 4.78 is 80.6. The molecule has 0 aliphatic rings. The minimum absolute atomic E-state index is 0.0624. The lowest BCUT2D eigenvalue weighted by atomic mass is 10.0. The maximum absolute atomic E-state index is 14.2. The van der Waals surface area contributed by atoms with E-state index in [-0.39, 0.29) is 29.6 Å². The number of benzene rings is 3. The zero-order chi connectivity index (χ0) is 29.0. The largest absolute Gasteiger partial charge is 0.480 e. The Morgan fingerprint density at radius 2 is 1.60 bits per heavy atom. The zero-order valence-electron chi connectivity index (χ0n) is 20.4. The van der Waals surface area contributed by atoms with Crippen LogP contribution < -0.4 is 20.9 Å². The van der Waals surface area contributed by atoms with Gasteiger partial charge < -0.3 is 26.0 Å². The van der Waals surface area contributed by atoms with Crippen molar-refractivity contribution >= 4 is 11.9 Å². The maximum Gasteiger partial charge on any atom is 0.429 e. The summed E-state index contributed by atoms with van der Waals surface area (Å²) in [4.78, 5) is 18.8. The zero-order valence-corrected chi connectivity index (χ0v) is 20.4. The number of ether oxygens (including phenoxy) is 2. The lowest BCUT2D eigenvalue weighted by Gasteiger charge is -2.24. The Labute approximate surface area is 224 Å². The highest BCUT2D eigenvalue weighted by atomic mass is 19.4. The molecule has 13 heteroatoms. The van der Waals surface area contributed by atoms with Gasteiger partial charge in [0.15, 0.2) is 0 Å². The molecule has 0 radical (unpaired) electrons. The summed E-state index contributed by atoms with van der Waals surface area (Å²) in [5, 5.41) is 8.97. The van der Waals surface area contributed by atoms with Crippen molar-refractivity contribution < 1.29 is 41.3 Å². The number of carboxylic acid groups (broad SMARTS) is 1. The quantitative estimate of drug-likeness (QED) is 0.231. The number of carboxylic acids is 1. The first-order valence-electron chi connectivity index (χ1n) is 11.6. The fourth-order valence-corrected chi connectivity index (χ4v) is 3.74. The Hall–Kier alpha value is -4.78. The van der Waals surface area contributed by atoms with Gasteiger partial charge in [-0.15, -0.1) is 0 Å². The van der Waals surface area contributed by atoms with Gasteiger partial charge in [-0.05, 0) is 18.1 Å². The molecule has 0 aliphatic heterocycles. The highest BCUT2D eigenvalue weighted by Gasteiger charge is 2.45. The number of halogens is 5. The van der Waals surface area contributed by atoms with E-state index in [1.807, 2.05) is 0 Å². The normalized spacial score (nSPS) is 12.9. The molecule has 1 aromatic heterocycles.